The molecule has 0 spiro atoms. The molecule has 0 fully saturated rings. The molecule has 6 heteroatoms. The summed E-state index contributed by atoms with van der Waals surface area (Å²) in [6.07, 6.45) is 0. The number of fused-ring (bicyclic) bond motifs is 8. The van der Waals surface area contributed by atoms with Gasteiger partial charge in [-0.05, 0) is 110 Å². The fourth-order valence-electron chi connectivity index (χ4n) is 12.1. The fraction of sp³-hybridized carbons (Fsp3) is 0. The normalized spacial score (nSPS) is 13.3. The number of benzene rings is 11. The van der Waals surface area contributed by atoms with Crippen LogP contribution >= 0.6 is 23.5 Å². The standard InChI is InChI=1S/C66H42B2N2S2/c1-5-21-43(22-6-1)47-37-59-65-63(39-47)71-61-42-62-54(41-53(61)67(65)51-31-15-19-35-57(51)69(59)55-33-17-13-29-49(55)45-25-9-3-10-26-45)68-52-32-16-20-36-58(52)70(56-34-18-14-30-50(56)46-27-11-4-12-28-46)60-38-48(40-64(72-62)66(60)68)44-23-7-2-8-24-44/h1-42H. The molecule has 0 bridgehead atoms. The molecule has 4 aliphatic rings. The van der Waals surface area contributed by atoms with Gasteiger partial charge in [-0.15, -0.1) is 0 Å². The monoisotopic (exact) mass is 948 g/mol. The number of anilines is 6. The van der Waals surface area contributed by atoms with Gasteiger partial charge < -0.3 is 9.80 Å². The molecule has 72 heavy (non-hydrogen) atoms. The first-order valence-corrected chi connectivity index (χ1v) is 26.4. The fourth-order valence-corrected chi connectivity index (χ4v) is 14.6. The molecule has 0 radical (unpaired) electrons. The summed E-state index contributed by atoms with van der Waals surface area (Å²) in [5, 5.41) is 0. The third kappa shape index (κ3) is 6.49. The first kappa shape index (κ1) is 41.6. The van der Waals surface area contributed by atoms with E-state index in [1.165, 1.54) is 131 Å². The van der Waals surface area contributed by atoms with Crippen LogP contribution in [-0.2, 0) is 0 Å². The number of nitrogens with zero attached hydrogens (tertiary/aromatic N) is 2. The third-order valence-corrected chi connectivity index (χ3v) is 17.4. The number of hydrogen-bond acceptors (Lipinski definition) is 4. The Kier molecular flexibility index (Phi) is 9.67. The lowest BCUT2D eigenvalue weighted by Crippen LogP contribution is -2.63. The van der Waals surface area contributed by atoms with Crippen LogP contribution in [0.2, 0.25) is 0 Å². The lowest BCUT2D eigenvalue weighted by Gasteiger charge is -2.43. The van der Waals surface area contributed by atoms with Gasteiger partial charge in [0.2, 0.25) is 13.4 Å². The summed E-state index contributed by atoms with van der Waals surface area (Å²) in [7, 11) is 0. The van der Waals surface area contributed by atoms with Gasteiger partial charge in [0.05, 0.1) is 11.4 Å². The first-order valence-electron chi connectivity index (χ1n) is 24.8. The highest BCUT2D eigenvalue weighted by Crippen LogP contribution is 2.49. The molecule has 0 aromatic heterocycles. The second-order valence-electron chi connectivity index (χ2n) is 19.1. The molecule has 0 aliphatic carbocycles. The molecule has 0 N–H and O–H groups in total. The summed E-state index contributed by atoms with van der Waals surface area (Å²) in [4.78, 5) is 10.4. The van der Waals surface area contributed by atoms with E-state index < -0.39 is 0 Å². The Hall–Kier alpha value is -8.15. The van der Waals surface area contributed by atoms with Crippen molar-refractivity contribution < 1.29 is 0 Å². The Morgan fingerprint density at radius 2 is 0.583 bits per heavy atom. The van der Waals surface area contributed by atoms with Crippen molar-refractivity contribution >= 4 is 104 Å². The second-order valence-corrected chi connectivity index (χ2v) is 21.3. The Balaban J connectivity index is 0.965. The average Bonchev–Trinajstić information content (AvgIpc) is 3.45. The van der Waals surface area contributed by atoms with Crippen molar-refractivity contribution in [3.63, 3.8) is 0 Å². The molecule has 0 atom stereocenters. The van der Waals surface area contributed by atoms with E-state index in [-0.39, 0.29) is 13.4 Å². The van der Waals surface area contributed by atoms with Crippen molar-refractivity contribution in [2.75, 3.05) is 9.80 Å². The van der Waals surface area contributed by atoms with E-state index in [0.717, 1.165) is 0 Å². The van der Waals surface area contributed by atoms with Gasteiger partial charge in [-0.1, -0.05) is 235 Å². The van der Waals surface area contributed by atoms with Crippen LogP contribution in [0.5, 0.6) is 0 Å². The zero-order valence-electron chi connectivity index (χ0n) is 39.1. The van der Waals surface area contributed by atoms with Crippen LogP contribution in [0.4, 0.5) is 34.1 Å². The molecular weight excluding hydrogens is 906 g/mol. The average molecular weight is 949 g/mol. The third-order valence-electron chi connectivity index (χ3n) is 15.2. The Labute approximate surface area is 429 Å². The summed E-state index contributed by atoms with van der Waals surface area (Å²) in [6, 6.07) is 94.9. The predicted octanol–water partition coefficient (Wildman–Crippen LogP) is 13.9. The van der Waals surface area contributed by atoms with Crippen molar-refractivity contribution in [1.29, 1.82) is 0 Å². The molecule has 0 saturated heterocycles. The van der Waals surface area contributed by atoms with Crippen LogP contribution in [-0.4, -0.2) is 13.4 Å². The zero-order chi connectivity index (χ0) is 47.3. The summed E-state index contributed by atoms with van der Waals surface area (Å²) < 4.78 is 0. The van der Waals surface area contributed by atoms with Crippen LogP contribution in [0, 0.1) is 0 Å². The van der Waals surface area contributed by atoms with E-state index in [4.69, 9.17) is 0 Å². The molecule has 0 unspecified atom stereocenters. The Morgan fingerprint density at radius 1 is 0.236 bits per heavy atom. The Morgan fingerprint density at radius 3 is 1.00 bits per heavy atom. The minimum Gasteiger partial charge on any atom is -0.311 e. The van der Waals surface area contributed by atoms with Gasteiger partial charge in [0.15, 0.2) is 0 Å². The molecule has 0 saturated carbocycles. The zero-order valence-corrected chi connectivity index (χ0v) is 40.7. The van der Waals surface area contributed by atoms with Gasteiger partial charge in [0.1, 0.15) is 0 Å². The molecule has 334 valence electrons. The van der Waals surface area contributed by atoms with Gasteiger partial charge in [-0.2, -0.15) is 0 Å². The maximum atomic E-state index is 2.63. The largest absolute Gasteiger partial charge is 0.311 e. The van der Waals surface area contributed by atoms with Crippen LogP contribution in [0.15, 0.2) is 274 Å². The summed E-state index contributed by atoms with van der Waals surface area (Å²) in [5.74, 6) is 0. The van der Waals surface area contributed by atoms with Crippen LogP contribution in [0.1, 0.15) is 0 Å². The number of hydrogen-bond donors (Lipinski definition) is 0. The van der Waals surface area contributed by atoms with Gasteiger partial charge in [-0.25, -0.2) is 0 Å². The van der Waals surface area contributed by atoms with E-state index in [1.807, 2.05) is 23.5 Å². The van der Waals surface area contributed by atoms with Crippen LogP contribution in [0.3, 0.4) is 0 Å². The molecule has 11 aromatic carbocycles. The molecule has 0 amide bonds. The highest BCUT2D eigenvalue weighted by atomic mass is 32.2. The Bertz CT molecular complexity index is 3700. The topological polar surface area (TPSA) is 6.48 Å². The van der Waals surface area contributed by atoms with Crippen molar-refractivity contribution in [3.8, 4) is 44.5 Å². The summed E-state index contributed by atoms with van der Waals surface area (Å²) in [6.45, 7) is 0.0502. The number of rotatable bonds is 6. The van der Waals surface area contributed by atoms with E-state index in [9.17, 15) is 0 Å². The maximum Gasteiger partial charge on any atom is 0.249 e. The molecular formula is C66H42B2N2S2. The smallest absolute Gasteiger partial charge is 0.249 e. The minimum absolute atomic E-state index is 0.0251. The highest BCUT2D eigenvalue weighted by molar-refractivity contribution is 8.01. The second kappa shape index (κ2) is 16.7. The lowest BCUT2D eigenvalue weighted by molar-refractivity contribution is 1.26. The molecule has 4 heterocycles. The van der Waals surface area contributed by atoms with Crippen LogP contribution in [0.25, 0.3) is 44.5 Å². The van der Waals surface area contributed by atoms with Crippen molar-refractivity contribution in [3.05, 3.63) is 255 Å². The van der Waals surface area contributed by atoms with Gasteiger partial charge in [-0.3, -0.25) is 0 Å². The highest BCUT2D eigenvalue weighted by Gasteiger charge is 2.46. The van der Waals surface area contributed by atoms with Crippen molar-refractivity contribution in [1.82, 2.24) is 0 Å². The molecule has 11 aromatic rings. The molecule has 2 nitrogen and oxygen atoms in total. The SMILES string of the molecule is c1ccc(-c2cc3c4c(c2)N(c2ccccc2-c2ccccc2)c2ccccc2B4c2cc4c(cc2S3)Sc2cc(-c3ccccc3)cc3c2B4c2ccccc2N3c2ccccc2-c2ccccc2)cc1. The van der Waals surface area contributed by atoms with E-state index in [1.54, 1.807) is 0 Å². The van der Waals surface area contributed by atoms with Crippen molar-refractivity contribution in [2.45, 2.75) is 19.6 Å². The quantitative estimate of drug-likeness (QED) is 0.153. The van der Waals surface area contributed by atoms with E-state index >= 15 is 0 Å². The van der Waals surface area contributed by atoms with E-state index in [0.29, 0.717) is 0 Å². The number of para-hydroxylation sites is 4. The minimum atomic E-state index is 0.0251. The van der Waals surface area contributed by atoms with Crippen LogP contribution < -0.4 is 42.6 Å². The summed E-state index contributed by atoms with van der Waals surface area (Å²) in [5.41, 5.74) is 25.1. The summed E-state index contributed by atoms with van der Waals surface area (Å²) >= 11 is 3.89. The van der Waals surface area contributed by atoms with E-state index in [2.05, 4.69) is 265 Å². The maximum absolute atomic E-state index is 2.63. The first-order chi connectivity index (χ1) is 35.7. The molecule has 15 rings (SSSR count). The van der Waals surface area contributed by atoms with Gasteiger partial charge in [0.25, 0.3) is 0 Å². The predicted molar refractivity (Wildman–Crippen MR) is 308 cm³/mol. The molecule has 4 aliphatic heterocycles. The lowest BCUT2D eigenvalue weighted by atomic mass is 9.31. The van der Waals surface area contributed by atoms with Gasteiger partial charge in [0, 0.05) is 53.5 Å². The van der Waals surface area contributed by atoms with Crippen molar-refractivity contribution in [2.24, 2.45) is 0 Å². The van der Waals surface area contributed by atoms with Gasteiger partial charge >= 0.3 is 0 Å².